The fourth-order valence-electron chi connectivity index (χ4n) is 5.32. The van der Waals surface area contributed by atoms with Gasteiger partial charge in [-0.05, 0) is 44.0 Å². The van der Waals surface area contributed by atoms with Gasteiger partial charge in [-0.1, -0.05) is 36.4 Å². The van der Waals surface area contributed by atoms with Crippen molar-refractivity contribution in [3.63, 3.8) is 0 Å². The molecule has 3 heterocycles. The van der Waals surface area contributed by atoms with Gasteiger partial charge in [0.1, 0.15) is 0 Å². The van der Waals surface area contributed by atoms with Crippen molar-refractivity contribution in [2.45, 2.75) is 32.4 Å². The van der Waals surface area contributed by atoms with E-state index in [2.05, 4.69) is 21.2 Å². The second-order valence-corrected chi connectivity index (χ2v) is 8.80. The first-order chi connectivity index (χ1) is 14.9. The van der Waals surface area contributed by atoms with Gasteiger partial charge in [0.05, 0.1) is 6.04 Å². The molecule has 2 aromatic rings. The van der Waals surface area contributed by atoms with E-state index < -0.39 is 23.3 Å². The standard InChI is InChI=1S/C24H26N4O3/c1-16(2)28-22(30)24(21(29)25-23(28)31)14-17-8-6-7-11-19(17)27-13-12-26(15-20(24)27)18-9-4-3-5-10-18/h3-11,16,20H,12-15H2,1-2H3,(H,25,29,31)/t20-,24-/m1/s1. The molecule has 0 aliphatic carbocycles. The van der Waals surface area contributed by atoms with Crippen LogP contribution in [0.1, 0.15) is 19.4 Å². The van der Waals surface area contributed by atoms with Crippen molar-refractivity contribution in [3.8, 4) is 0 Å². The number of urea groups is 1. The van der Waals surface area contributed by atoms with E-state index in [9.17, 15) is 14.4 Å². The Hall–Kier alpha value is -3.35. The Morgan fingerprint density at radius 2 is 1.68 bits per heavy atom. The lowest BCUT2D eigenvalue weighted by Gasteiger charge is -2.56. The van der Waals surface area contributed by atoms with Gasteiger partial charge in [-0.15, -0.1) is 0 Å². The number of imide groups is 2. The summed E-state index contributed by atoms with van der Waals surface area (Å²) in [5, 5.41) is 2.50. The maximum absolute atomic E-state index is 13.9. The molecule has 2 fully saturated rings. The number of anilines is 2. The van der Waals surface area contributed by atoms with Crippen LogP contribution in [-0.4, -0.2) is 54.5 Å². The molecule has 1 spiro atoms. The van der Waals surface area contributed by atoms with Crippen LogP contribution in [0.15, 0.2) is 54.6 Å². The second kappa shape index (κ2) is 7.11. The quantitative estimate of drug-likeness (QED) is 0.759. The fourth-order valence-corrected chi connectivity index (χ4v) is 5.32. The van der Waals surface area contributed by atoms with Crippen LogP contribution in [0.2, 0.25) is 0 Å². The molecule has 3 aliphatic rings. The number of hydrogen-bond acceptors (Lipinski definition) is 5. The van der Waals surface area contributed by atoms with Crippen LogP contribution in [0, 0.1) is 5.41 Å². The van der Waals surface area contributed by atoms with Gasteiger partial charge in [0.15, 0.2) is 5.41 Å². The number of piperazine rings is 1. The summed E-state index contributed by atoms with van der Waals surface area (Å²) in [4.78, 5) is 45.5. The van der Waals surface area contributed by atoms with Crippen LogP contribution in [0.5, 0.6) is 0 Å². The molecular formula is C24H26N4O3. The molecule has 2 saturated heterocycles. The van der Waals surface area contributed by atoms with E-state index >= 15 is 0 Å². The third-order valence-corrected chi connectivity index (χ3v) is 6.80. The zero-order valence-electron chi connectivity index (χ0n) is 17.7. The number of hydrogen-bond donors (Lipinski definition) is 1. The van der Waals surface area contributed by atoms with Crippen molar-refractivity contribution in [3.05, 3.63) is 60.2 Å². The molecule has 0 unspecified atom stereocenters. The summed E-state index contributed by atoms with van der Waals surface area (Å²) in [6, 6.07) is 16.7. The third-order valence-electron chi connectivity index (χ3n) is 6.80. The number of carbonyl (C=O) groups is 3. The largest absolute Gasteiger partial charge is 0.368 e. The molecule has 5 rings (SSSR count). The molecule has 2 atom stereocenters. The van der Waals surface area contributed by atoms with E-state index in [-0.39, 0.29) is 18.5 Å². The van der Waals surface area contributed by atoms with E-state index in [1.165, 1.54) is 4.90 Å². The predicted molar refractivity (Wildman–Crippen MR) is 118 cm³/mol. The van der Waals surface area contributed by atoms with Crippen molar-refractivity contribution < 1.29 is 14.4 Å². The fraction of sp³-hybridized carbons (Fsp3) is 0.375. The van der Waals surface area contributed by atoms with Crippen molar-refractivity contribution in [2.24, 2.45) is 5.41 Å². The Kier molecular flexibility index (Phi) is 4.50. The number of carbonyl (C=O) groups excluding carboxylic acids is 3. The van der Waals surface area contributed by atoms with Crippen LogP contribution in [0.3, 0.4) is 0 Å². The van der Waals surface area contributed by atoms with Gasteiger partial charge < -0.3 is 9.80 Å². The van der Waals surface area contributed by atoms with Gasteiger partial charge in [0, 0.05) is 37.1 Å². The van der Waals surface area contributed by atoms with Crippen molar-refractivity contribution in [1.29, 1.82) is 0 Å². The lowest BCUT2D eigenvalue weighted by Crippen LogP contribution is -2.75. The Balaban J connectivity index is 1.64. The highest BCUT2D eigenvalue weighted by molar-refractivity contribution is 6.20. The molecular weight excluding hydrogens is 392 g/mol. The molecule has 0 bridgehead atoms. The number of fused-ring (bicyclic) bond motifs is 4. The minimum absolute atomic E-state index is 0.286. The van der Waals surface area contributed by atoms with Gasteiger partial charge in [-0.3, -0.25) is 19.8 Å². The van der Waals surface area contributed by atoms with E-state index in [0.29, 0.717) is 13.1 Å². The van der Waals surface area contributed by atoms with Crippen molar-refractivity contribution in [1.82, 2.24) is 10.2 Å². The van der Waals surface area contributed by atoms with Crippen LogP contribution in [0.4, 0.5) is 16.2 Å². The summed E-state index contributed by atoms with van der Waals surface area (Å²) in [6.45, 7) is 5.60. The summed E-state index contributed by atoms with van der Waals surface area (Å²) in [5.41, 5.74) is 1.75. The van der Waals surface area contributed by atoms with Crippen LogP contribution in [0.25, 0.3) is 0 Å². The summed E-state index contributed by atoms with van der Waals surface area (Å²) in [7, 11) is 0. The Bertz CT molecular complexity index is 1050. The van der Waals surface area contributed by atoms with E-state index in [4.69, 9.17) is 0 Å². The minimum Gasteiger partial charge on any atom is -0.368 e. The number of benzene rings is 2. The van der Waals surface area contributed by atoms with Crippen LogP contribution >= 0.6 is 0 Å². The Morgan fingerprint density at radius 3 is 2.42 bits per heavy atom. The molecule has 31 heavy (non-hydrogen) atoms. The highest BCUT2D eigenvalue weighted by Gasteiger charge is 2.63. The van der Waals surface area contributed by atoms with E-state index in [0.717, 1.165) is 23.5 Å². The number of para-hydroxylation sites is 2. The third kappa shape index (κ3) is 2.83. The molecule has 4 amide bonds. The molecule has 1 N–H and O–H groups in total. The van der Waals surface area contributed by atoms with Gasteiger partial charge in [-0.2, -0.15) is 0 Å². The second-order valence-electron chi connectivity index (χ2n) is 8.80. The molecule has 3 aliphatic heterocycles. The van der Waals surface area contributed by atoms with Gasteiger partial charge >= 0.3 is 6.03 Å². The average molecular weight is 418 g/mol. The highest BCUT2D eigenvalue weighted by atomic mass is 16.2. The number of nitrogens with one attached hydrogen (secondary N) is 1. The van der Waals surface area contributed by atoms with Gasteiger partial charge in [0.25, 0.3) is 0 Å². The van der Waals surface area contributed by atoms with Gasteiger partial charge in [0.2, 0.25) is 11.8 Å². The molecule has 0 aromatic heterocycles. The zero-order chi connectivity index (χ0) is 21.8. The van der Waals surface area contributed by atoms with E-state index in [1.807, 2.05) is 48.5 Å². The van der Waals surface area contributed by atoms with Crippen LogP contribution in [-0.2, 0) is 16.0 Å². The normalized spacial score (nSPS) is 25.6. The lowest BCUT2D eigenvalue weighted by molar-refractivity contribution is -0.154. The number of nitrogens with zero attached hydrogens (tertiary/aromatic N) is 3. The SMILES string of the molecule is CC(C)N1C(=O)NC(=O)[C@]2(Cc3ccccc3N3CCN(c4ccccc4)C[C@@H]32)C1=O. The number of rotatable bonds is 2. The summed E-state index contributed by atoms with van der Waals surface area (Å²) in [6.07, 6.45) is 0.286. The molecule has 7 heteroatoms. The monoisotopic (exact) mass is 418 g/mol. The maximum Gasteiger partial charge on any atom is 0.331 e. The summed E-state index contributed by atoms with van der Waals surface area (Å²) in [5.74, 6) is -0.880. The molecule has 2 aromatic carbocycles. The lowest BCUT2D eigenvalue weighted by atomic mass is 9.67. The minimum atomic E-state index is -1.35. The van der Waals surface area contributed by atoms with Crippen molar-refractivity contribution in [2.75, 3.05) is 29.4 Å². The highest BCUT2D eigenvalue weighted by Crippen LogP contribution is 2.46. The number of amides is 4. The number of barbiturate groups is 1. The first-order valence-electron chi connectivity index (χ1n) is 10.8. The molecule has 0 saturated carbocycles. The smallest absolute Gasteiger partial charge is 0.331 e. The van der Waals surface area contributed by atoms with Crippen molar-refractivity contribution >= 4 is 29.2 Å². The maximum atomic E-state index is 13.9. The zero-order valence-corrected chi connectivity index (χ0v) is 17.7. The first kappa shape index (κ1) is 19.6. The topological polar surface area (TPSA) is 73.0 Å². The molecule has 7 nitrogen and oxygen atoms in total. The summed E-state index contributed by atoms with van der Waals surface area (Å²) >= 11 is 0. The predicted octanol–water partition coefficient (Wildman–Crippen LogP) is 2.41. The molecule has 0 radical (unpaired) electrons. The van der Waals surface area contributed by atoms with E-state index in [1.54, 1.807) is 13.8 Å². The molecule has 160 valence electrons. The van der Waals surface area contributed by atoms with Gasteiger partial charge in [-0.25, -0.2) is 4.79 Å². The Morgan fingerprint density at radius 1 is 0.968 bits per heavy atom. The Labute approximate surface area is 181 Å². The van der Waals surface area contributed by atoms with Crippen LogP contribution < -0.4 is 15.1 Å². The first-order valence-corrected chi connectivity index (χ1v) is 10.8. The summed E-state index contributed by atoms with van der Waals surface area (Å²) < 4.78 is 0. The average Bonchev–Trinajstić information content (AvgIpc) is 2.77.